The maximum Gasteiger partial charge on any atom is 0.158 e. The smallest absolute Gasteiger partial charge is 0.158 e. The quantitative estimate of drug-likeness (QED) is 0.475. The summed E-state index contributed by atoms with van der Waals surface area (Å²) in [7, 11) is 5.66. The molecule has 18 heavy (non-hydrogen) atoms. The van der Waals surface area contributed by atoms with E-state index in [4.69, 9.17) is 10.6 Å². The van der Waals surface area contributed by atoms with Crippen LogP contribution in [0.2, 0.25) is 0 Å². The number of nitrogen functional groups attached to an aromatic ring is 1. The van der Waals surface area contributed by atoms with Gasteiger partial charge < -0.3 is 20.4 Å². The first-order valence-electron chi connectivity index (χ1n) is 5.80. The van der Waals surface area contributed by atoms with E-state index in [1.165, 1.54) is 0 Å². The molecule has 0 fully saturated rings. The summed E-state index contributed by atoms with van der Waals surface area (Å²) in [4.78, 5) is 10.7. The monoisotopic (exact) mass is 254 g/mol. The highest BCUT2D eigenvalue weighted by molar-refractivity contribution is 5.47. The van der Waals surface area contributed by atoms with Crippen molar-refractivity contribution in [2.24, 2.45) is 5.84 Å². The van der Waals surface area contributed by atoms with E-state index in [0.717, 1.165) is 12.4 Å². The Kier molecular flexibility index (Phi) is 5.76. The van der Waals surface area contributed by atoms with Gasteiger partial charge in [-0.1, -0.05) is 0 Å². The first kappa shape index (κ1) is 14.6. The number of hydrogen-bond acceptors (Lipinski definition) is 7. The number of nitrogens with zero attached hydrogens (tertiary/aromatic N) is 3. The lowest BCUT2D eigenvalue weighted by molar-refractivity contribution is 0.178. The highest BCUT2D eigenvalue weighted by Crippen LogP contribution is 2.12. The molecule has 1 aromatic rings. The molecule has 1 heterocycles. The lowest BCUT2D eigenvalue weighted by atomic mass is 10.3. The molecule has 0 amide bonds. The van der Waals surface area contributed by atoms with E-state index in [9.17, 15) is 0 Å². The summed E-state index contributed by atoms with van der Waals surface area (Å²) in [6.45, 7) is 3.36. The normalized spacial score (nSPS) is 12.6. The molecular formula is C11H22N6O. The van der Waals surface area contributed by atoms with E-state index in [1.807, 2.05) is 14.1 Å². The zero-order valence-electron chi connectivity index (χ0n) is 11.4. The van der Waals surface area contributed by atoms with E-state index in [1.54, 1.807) is 13.2 Å². The van der Waals surface area contributed by atoms with Gasteiger partial charge in [0.2, 0.25) is 0 Å². The number of likely N-dealkylation sites (N-methyl/N-ethyl adjacent to an activating group) is 1. The Labute approximate surface area is 108 Å². The summed E-state index contributed by atoms with van der Waals surface area (Å²) >= 11 is 0. The number of aromatic nitrogens is 2. The van der Waals surface area contributed by atoms with Crippen LogP contribution in [0.3, 0.4) is 0 Å². The van der Waals surface area contributed by atoms with Gasteiger partial charge >= 0.3 is 0 Å². The highest BCUT2D eigenvalue weighted by Gasteiger charge is 2.08. The third-order valence-electron chi connectivity index (χ3n) is 2.23. The van der Waals surface area contributed by atoms with Crippen LogP contribution in [0.5, 0.6) is 0 Å². The predicted octanol–water partition coefficient (Wildman–Crippen LogP) is 0.271. The Morgan fingerprint density at radius 1 is 1.39 bits per heavy atom. The molecule has 1 aromatic heterocycles. The van der Waals surface area contributed by atoms with Crippen molar-refractivity contribution in [1.29, 1.82) is 0 Å². The topological polar surface area (TPSA) is 88.3 Å². The Morgan fingerprint density at radius 3 is 2.61 bits per heavy atom. The number of ether oxygens (including phenoxy) is 1. The highest BCUT2D eigenvalue weighted by atomic mass is 16.5. The van der Waals surface area contributed by atoms with Gasteiger partial charge in [0.1, 0.15) is 18.2 Å². The maximum absolute atomic E-state index is 5.38. The van der Waals surface area contributed by atoms with Crippen LogP contribution < -0.4 is 16.6 Å². The molecule has 7 heteroatoms. The van der Waals surface area contributed by atoms with Gasteiger partial charge in [-0.15, -0.1) is 0 Å². The molecule has 0 bridgehead atoms. The van der Waals surface area contributed by atoms with Crippen LogP contribution in [-0.4, -0.2) is 48.7 Å². The van der Waals surface area contributed by atoms with Crippen molar-refractivity contribution in [1.82, 2.24) is 14.9 Å². The molecule has 7 nitrogen and oxygen atoms in total. The van der Waals surface area contributed by atoms with Gasteiger partial charge in [0.05, 0.1) is 0 Å². The van der Waals surface area contributed by atoms with Crippen LogP contribution in [0.1, 0.15) is 12.7 Å². The minimum absolute atomic E-state index is 0.274. The minimum Gasteiger partial charge on any atom is -0.377 e. The summed E-state index contributed by atoms with van der Waals surface area (Å²) < 4.78 is 5.02. The van der Waals surface area contributed by atoms with E-state index in [-0.39, 0.29) is 6.04 Å². The van der Waals surface area contributed by atoms with Crippen LogP contribution in [0.15, 0.2) is 6.07 Å². The summed E-state index contributed by atoms with van der Waals surface area (Å²) in [5, 5.41) is 3.30. The second-order valence-electron chi connectivity index (χ2n) is 4.44. The summed E-state index contributed by atoms with van der Waals surface area (Å²) in [5.74, 6) is 7.27. The summed E-state index contributed by atoms with van der Waals surface area (Å²) in [5.41, 5.74) is 2.52. The van der Waals surface area contributed by atoms with Gasteiger partial charge in [0.25, 0.3) is 0 Å². The number of methoxy groups -OCH3 is 1. The fraction of sp³-hybridized carbons (Fsp3) is 0.636. The van der Waals surface area contributed by atoms with E-state index < -0.39 is 0 Å². The van der Waals surface area contributed by atoms with E-state index in [0.29, 0.717) is 18.2 Å². The number of anilines is 2. The van der Waals surface area contributed by atoms with Crippen molar-refractivity contribution in [2.45, 2.75) is 19.6 Å². The van der Waals surface area contributed by atoms with E-state index in [2.05, 4.69) is 32.5 Å². The fourth-order valence-electron chi connectivity index (χ4n) is 1.68. The SMILES string of the molecule is COCc1nc(NN)cc(NC(C)CN(C)C)n1. The summed E-state index contributed by atoms with van der Waals surface area (Å²) in [6.07, 6.45) is 0. The third-order valence-corrected chi connectivity index (χ3v) is 2.23. The molecule has 1 rings (SSSR count). The molecule has 0 saturated carbocycles. The van der Waals surface area contributed by atoms with Crippen LogP contribution in [0, 0.1) is 0 Å². The fourth-order valence-corrected chi connectivity index (χ4v) is 1.68. The number of rotatable bonds is 7. The van der Waals surface area contributed by atoms with Gasteiger partial charge in [-0.2, -0.15) is 0 Å². The second kappa shape index (κ2) is 7.10. The third kappa shape index (κ3) is 4.82. The van der Waals surface area contributed by atoms with Crippen molar-refractivity contribution >= 4 is 11.6 Å². The predicted molar refractivity (Wildman–Crippen MR) is 72.2 cm³/mol. The van der Waals surface area contributed by atoms with Crippen molar-refractivity contribution in [3.8, 4) is 0 Å². The average molecular weight is 254 g/mol. The Morgan fingerprint density at radius 2 is 2.06 bits per heavy atom. The van der Waals surface area contributed by atoms with Crippen LogP contribution in [0.4, 0.5) is 11.6 Å². The minimum atomic E-state index is 0.274. The first-order chi connectivity index (χ1) is 8.55. The molecule has 0 saturated heterocycles. The zero-order chi connectivity index (χ0) is 13.5. The Hall–Kier alpha value is -1.44. The molecule has 102 valence electrons. The van der Waals surface area contributed by atoms with Crippen molar-refractivity contribution in [3.63, 3.8) is 0 Å². The number of hydrazine groups is 1. The Balaban J connectivity index is 2.77. The summed E-state index contributed by atoms with van der Waals surface area (Å²) in [6, 6.07) is 2.04. The molecule has 0 aliphatic heterocycles. The molecule has 0 aromatic carbocycles. The number of nitrogens with two attached hydrogens (primary N) is 1. The van der Waals surface area contributed by atoms with Crippen molar-refractivity contribution in [3.05, 3.63) is 11.9 Å². The lowest BCUT2D eigenvalue weighted by Gasteiger charge is -2.19. The Bertz CT molecular complexity index is 371. The number of hydrogen-bond donors (Lipinski definition) is 3. The second-order valence-corrected chi connectivity index (χ2v) is 4.44. The molecule has 4 N–H and O–H groups in total. The van der Waals surface area contributed by atoms with Crippen molar-refractivity contribution in [2.75, 3.05) is 38.5 Å². The molecule has 0 spiro atoms. The van der Waals surface area contributed by atoms with Crippen LogP contribution >= 0.6 is 0 Å². The molecule has 1 unspecified atom stereocenters. The standard InChI is InChI=1S/C11H22N6O/c1-8(6-17(2)3)13-9-5-10(16-12)15-11(14-9)7-18-4/h5,8H,6-7,12H2,1-4H3,(H2,13,14,15,16). The van der Waals surface area contributed by atoms with Gasteiger partial charge in [-0.3, -0.25) is 0 Å². The average Bonchev–Trinajstić information content (AvgIpc) is 2.27. The number of nitrogens with one attached hydrogen (secondary N) is 2. The van der Waals surface area contributed by atoms with Crippen molar-refractivity contribution < 1.29 is 4.74 Å². The first-order valence-corrected chi connectivity index (χ1v) is 5.80. The van der Waals surface area contributed by atoms with Gasteiger partial charge in [0, 0.05) is 25.8 Å². The van der Waals surface area contributed by atoms with Crippen LogP contribution in [-0.2, 0) is 11.3 Å². The van der Waals surface area contributed by atoms with Gasteiger partial charge in [0.15, 0.2) is 5.82 Å². The zero-order valence-corrected chi connectivity index (χ0v) is 11.4. The maximum atomic E-state index is 5.38. The van der Waals surface area contributed by atoms with Gasteiger partial charge in [-0.25, -0.2) is 15.8 Å². The largest absolute Gasteiger partial charge is 0.377 e. The molecule has 0 radical (unpaired) electrons. The lowest BCUT2D eigenvalue weighted by Crippen LogP contribution is -2.30. The molecule has 0 aliphatic rings. The van der Waals surface area contributed by atoms with Crippen LogP contribution in [0.25, 0.3) is 0 Å². The van der Waals surface area contributed by atoms with E-state index >= 15 is 0 Å². The molecular weight excluding hydrogens is 232 g/mol. The van der Waals surface area contributed by atoms with Gasteiger partial charge in [-0.05, 0) is 21.0 Å². The molecule has 0 aliphatic carbocycles. The molecule has 1 atom stereocenters.